The Labute approximate surface area is 120 Å². The smallest absolute Gasteiger partial charge is 0.264 e. The number of benzene rings is 1. The van der Waals surface area contributed by atoms with Crippen molar-refractivity contribution in [3.63, 3.8) is 0 Å². The minimum Gasteiger partial charge on any atom is -0.326 e. The molecule has 0 aliphatic heterocycles. The van der Waals surface area contributed by atoms with Crippen molar-refractivity contribution in [2.45, 2.75) is 18.4 Å². The fourth-order valence-electron chi connectivity index (χ4n) is 1.71. The van der Waals surface area contributed by atoms with Gasteiger partial charge < -0.3 is 5.73 Å². The number of H-pyrrole nitrogens is 1. The summed E-state index contributed by atoms with van der Waals surface area (Å²) in [6.07, 6.45) is 0. The molecule has 0 saturated carbocycles. The van der Waals surface area contributed by atoms with E-state index >= 15 is 0 Å². The molecule has 2 rings (SSSR count). The van der Waals surface area contributed by atoms with E-state index in [-0.39, 0.29) is 28.4 Å². The Bertz CT molecular complexity index is 812. The van der Waals surface area contributed by atoms with Crippen LogP contribution < -0.4 is 16.0 Å². The Kier molecular flexibility index (Phi) is 4.05. The second-order valence-corrected chi connectivity index (χ2v) is 6.01. The predicted octanol–water partition coefficient (Wildman–Crippen LogP) is 0.477. The van der Waals surface area contributed by atoms with Gasteiger partial charge in [-0.3, -0.25) is 9.52 Å². The second-order valence-electron chi connectivity index (χ2n) is 4.33. The SMILES string of the molecule is Cc1cc(S(=O)(=O)Nc2ccc(=O)[nH]n2)cc(CN)c1F. The lowest BCUT2D eigenvalue weighted by Gasteiger charge is -2.10. The number of anilines is 1. The zero-order chi connectivity index (χ0) is 15.6. The molecule has 0 amide bonds. The first-order valence-corrected chi connectivity index (χ1v) is 7.39. The van der Waals surface area contributed by atoms with E-state index in [0.29, 0.717) is 0 Å². The van der Waals surface area contributed by atoms with Gasteiger partial charge in [0.1, 0.15) is 5.82 Å². The van der Waals surface area contributed by atoms with Gasteiger partial charge in [0.25, 0.3) is 15.6 Å². The quantitative estimate of drug-likeness (QED) is 0.759. The number of hydrogen-bond donors (Lipinski definition) is 3. The van der Waals surface area contributed by atoms with E-state index in [1.807, 2.05) is 0 Å². The van der Waals surface area contributed by atoms with Crippen LogP contribution in [0.25, 0.3) is 0 Å². The number of sulfonamides is 1. The van der Waals surface area contributed by atoms with E-state index in [2.05, 4.69) is 14.9 Å². The van der Waals surface area contributed by atoms with Gasteiger partial charge >= 0.3 is 0 Å². The molecule has 0 unspecified atom stereocenters. The number of nitrogens with zero attached hydrogens (tertiary/aromatic N) is 1. The van der Waals surface area contributed by atoms with Crippen LogP contribution in [0.1, 0.15) is 11.1 Å². The van der Waals surface area contributed by atoms with Crippen molar-refractivity contribution in [1.29, 1.82) is 0 Å². The van der Waals surface area contributed by atoms with Gasteiger partial charge in [-0.05, 0) is 30.7 Å². The highest BCUT2D eigenvalue weighted by molar-refractivity contribution is 7.92. The van der Waals surface area contributed by atoms with Crippen LogP contribution in [0.3, 0.4) is 0 Å². The van der Waals surface area contributed by atoms with Gasteiger partial charge in [-0.1, -0.05) is 0 Å². The minimum absolute atomic E-state index is 0.0501. The first kappa shape index (κ1) is 15.1. The van der Waals surface area contributed by atoms with E-state index in [0.717, 1.165) is 12.1 Å². The molecule has 1 heterocycles. The molecule has 4 N–H and O–H groups in total. The molecule has 1 aromatic heterocycles. The van der Waals surface area contributed by atoms with Crippen molar-refractivity contribution in [2.75, 3.05) is 4.72 Å². The number of aromatic amines is 1. The largest absolute Gasteiger partial charge is 0.326 e. The zero-order valence-corrected chi connectivity index (χ0v) is 11.9. The summed E-state index contributed by atoms with van der Waals surface area (Å²) in [4.78, 5) is 10.7. The number of halogens is 1. The van der Waals surface area contributed by atoms with Crippen molar-refractivity contribution in [3.8, 4) is 0 Å². The monoisotopic (exact) mass is 312 g/mol. The van der Waals surface area contributed by atoms with Gasteiger partial charge in [0.05, 0.1) is 4.90 Å². The molecule has 0 fully saturated rings. The van der Waals surface area contributed by atoms with Crippen LogP contribution in [0.5, 0.6) is 0 Å². The first-order chi connectivity index (χ1) is 9.83. The third-order valence-electron chi connectivity index (χ3n) is 2.75. The topological polar surface area (TPSA) is 118 Å². The van der Waals surface area contributed by atoms with Gasteiger partial charge in [-0.25, -0.2) is 17.9 Å². The van der Waals surface area contributed by atoms with E-state index < -0.39 is 21.4 Å². The highest BCUT2D eigenvalue weighted by Crippen LogP contribution is 2.20. The molecule has 1 aromatic carbocycles. The molecule has 0 spiro atoms. The lowest BCUT2D eigenvalue weighted by atomic mass is 10.1. The molecule has 0 aliphatic carbocycles. The number of rotatable bonds is 4. The molecule has 2 aromatic rings. The Balaban J connectivity index is 2.42. The van der Waals surface area contributed by atoms with Crippen molar-refractivity contribution in [1.82, 2.24) is 10.2 Å². The minimum atomic E-state index is -3.95. The molecule has 9 heteroatoms. The van der Waals surface area contributed by atoms with Gasteiger partial charge in [-0.2, -0.15) is 5.10 Å². The molecule has 112 valence electrons. The van der Waals surface area contributed by atoms with Crippen molar-refractivity contribution in [3.05, 3.63) is 51.6 Å². The van der Waals surface area contributed by atoms with Crippen LogP contribution >= 0.6 is 0 Å². The fourth-order valence-corrected chi connectivity index (χ4v) is 2.84. The number of hydrogen-bond acceptors (Lipinski definition) is 5. The molecule has 0 radical (unpaired) electrons. The van der Waals surface area contributed by atoms with E-state index in [9.17, 15) is 17.6 Å². The summed E-state index contributed by atoms with van der Waals surface area (Å²) in [6.45, 7) is 1.33. The van der Waals surface area contributed by atoms with Crippen LogP contribution in [-0.4, -0.2) is 18.6 Å². The lowest BCUT2D eigenvalue weighted by Crippen LogP contribution is -2.17. The third-order valence-corrected chi connectivity index (χ3v) is 4.09. The van der Waals surface area contributed by atoms with Crippen LogP contribution in [0, 0.1) is 12.7 Å². The molecule has 21 heavy (non-hydrogen) atoms. The Morgan fingerprint density at radius 3 is 2.67 bits per heavy atom. The van der Waals surface area contributed by atoms with Crippen molar-refractivity contribution < 1.29 is 12.8 Å². The Hall–Kier alpha value is -2.26. The molecular weight excluding hydrogens is 299 g/mol. The van der Waals surface area contributed by atoms with E-state index in [4.69, 9.17) is 5.73 Å². The molecule has 0 aliphatic rings. The maximum absolute atomic E-state index is 13.7. The van der Waals surface area contributed by atoms with Gasteiger partial charge in [0, 0.05) is 18.2 Å². The summed E-state index contributed by atoms with van der Waals surface area (Å²) < 4.78 is 40.3. The van der Waals surface area contributed by atoms with Crippen molar-refractivity contribution >= 4 is 15.8 Å². The molecular formula is C12H13FN4O3S. The number of aryl methyl sites for hydroxylation is 1. The van der Waals surface area contributed by atoms with E-state index in [1.54, 1.807) is 0 Å². The summed E-state index contributed by atoms with van der Waals surface area (Å²) in [5.74, 6) is -0.579. The highest BCUT2D eigenvalue weighted by atomic mass is 32.2. The third kappa shape index (κ3) is 3.26. The average molecular weight is 312 g/mol. The summed E-state index contributed by atoms with van der Waals surface area (Å²) in [5, 5.41) is 5.65. The Morgan fingerprint density at radius 1 is 1.38 bits per heavy atom. The summed E-state index contributed by atoms with van der Waals surface area (Å²) in [7, 11) is -3.95. The van der Waals surface area contributed by atoms with Gasteiger partial charge in [-0.15, -0.1) is 0 Å². The number of aromatic nitrogens is 2. The van der Waals surface area contributed by atoms with Crippen LogP contribution in [-0.2, 0) is 16.6 Å². The molecule has 0 saturated heterocycles. The average Bonchev–Trinajstić information content (AvgIpc) is 2.44. The van der Waals surface area contributed by atoms with Gasteiger partial charge in [0.15, 0.2) is 5.82 Å². The van der Waals surface area contributed by atoms with Crippen molar-refractivity contribution in [2.24, 2.45) is 5.73 Å². The normalized spacial score (nSPS) is 11.4. The Morgan fingerprint density at radius 2 is 2.10 bits per heavy atom. The van der Waals surface area contributed by atoms with Crippen LogP contribution in [0.4, 0.5) is 10.2 Å². The highest BCUT2D eigenvalue weighted by Gasteiger charge is 2.18. The maximum Gasteiger partial charge on any atom is 0.264 e. The molecule has 0 atom stereocenters. The fraction of sp³-hybridized carbons (Fsp3) is 0.167. The van der Waals surface area contributed by atoms with E-state index in [1.165, 1.54) is 19.1 Å². The predicted molar refractivity (Wildman–Crippen MR) is 74.7 cm³/mol. The van der Waals surface area contributed by atoms with Crippen LogP contribution in [0.2, 0.25) is 0 Å². The number of nitrogens with two attached hydrogens (primary N) is 1. The summed E-state index contributed by atoms with van der Waals surface area (Å²) in [5.41, 5.74) is 5.21. The second kappa shape index (κ2) is 5.62. The standard InChI is InChI=1S/C12H13FN4O3S/c1-7-4-9(5-8(6-14)12(7)13)21(19,20)17-10-2-3-11(18)16-15-10/h2-5H,6,14H2,1H3,(H,15,17)(H,16,18). The lowest BCUT2D eigenvalue weighted by molar-refractivity contribution is 0.591. The zero-order valence-electron chi connectivity index (χ0n) is 11.1. The maximum atomic E-state index is 13.7. The van der Waals surface area contributed by atoms with Gasteiger partial charge in [0.2, 0.25) is 0 Å². The molecule has 7 nitrogen and oxygen atoms in total. The molecule has 0 bridgehead atoms. The van der Waals surface area contributed by atoms with Crippen LogP contribution in [0.15, 0.2) is 34.0 Å². The first-order valence-electron chi connectivity index (χ1n) is 5.91. The number of nitrogens with one attached hydrogen (secondary N) is 2. The summed E-state index contributed by atoms with van der Waals surface area (Å²) in [6, 6.07) is 4.71. The summed E-state index contributed by atoms with van der Waals surface area (Å²) >= 11 is 0.